The molecule has 3 heterocycles. The van der Waals surface area contributed by atoms with E-state index in [1.807, 2.05) is 37.7 Å². The smallest absolute Gasteiger partial charge is 0.267 e. The summed E-state index contributed by atoms with van der Waals surface area (Å²) < 4.78 is 5.10. The van der Waals surface area contributed by atoms with Gasteiger partial charge in [0.15, 0.2) is 5.82 Å². The fourth-order valence-electron chi connectivity index (χ4n) is 2.27. The lowest BCUT2D eigenvalue weighted by Gasteiger charge is -2.02. The third kappa shape index (κ3) is 1.56. The minimum atomic E-state index is -0.145. The van der Waals surface area contributed by atoms with E-state index in [4.69, 9.17) is 5.73 Å². The van der Waals surface area contributed by atoms with Crippen molar-refractivity contribution in [2.24, 2.45) is 14.1 Å². The number of nitrogens with zero attached hydrogens (tertiary/aromatic N) is 4. The number of nitrogens with two attached hydrogens (primary N) is 1. The van der Waals surface area contributed by atoms with Crippen LogP contribution in [-0.4, -0.2) is 18.9 Å². The third-order valence-electron chi connectivity index (χ3n) is 3.42. The predicted octanol–water partition coefficient (Wildman–Crippen LogP) is 0.953. The Morgan fingerprint density at radius 3 is 2.68 bits per heavy atom. The summed E-state index contributed by atoms with van der Waals surface area (Å²) in [6, 6.07) is 3.74. The lowest BCUT2D eigenvalue weighted by atomic mass is 10.3. The van der Waals surface area contributed by atoms with E-state index in [2.05, 4.69) is 5.10 Å². The maximum Gasteiger partial charge on any atom is 0.267 e. The van der Waals surface area contributed by atoms with Crippen molar-refractivity contribution in [3.05, 3.63) is 40.6 Å². The van der Waals surface area contributed by atoms with Gasteiger partial charge in [0.25, 0.3) is 5.56 Å². The lowest BCUT2D eigenvalue weighted by molar-refractivity contribution is 0.725. The normalized spacial score (nSPS) is 11.3. The molecule has 0 spiro atoms. The third-order valence-corrected chi connectivity index (χ3v) is 3.42. The lowest BCUT2D eigenvalue weighted by Crippen LogP contribution is -2.18. The molecule has 0 atom stereocenters. The van der Waals surface area contributed by atoms with Crippen LogP contribution in [-0.2, 0) is 14.1 Å². The maximum atomic E-state index is 12.5. The zero-order chi connectivity index (χ0) is 13.7. The minimum Gasteiger partial charge on any atom is -0.397 e. The molecular formula is C13H15N5O. The van der Waals surface area contributed by atoms with E-state index < -0.39 is 0 Å². The van der Waals surface area contributed by atoms with Gasteiger partial charge in [-0.05, 0) is 13.0 Å². The molecule has 0 aliphatic heterocycles. The van der Waals surface area contributed by atoms with Crippen molar-refractivity contribution in [3.8, 4) is 5.82 Å². The van der Waals surface area contributed by atoms with Crippen molar-refractivity contribution >= 4 is 16.6 Å². The number of aromatic nitrogens is 4. The molecule has 0 radical (unpaired) electrons. The van der Waals surface area contributed by atoms with Crippen molar-refractivity contribution in [1.29, 1.82) is 0 Å². The molecule has 0 unspecified atom stereocenters. The van der Waals surface area contributed by atoms with Crippen LogP contribution in [0, 0.1) is 6.92 Å². The van der Waals surface area contributed by atoms with Gasteiger partial charge < -0.3 is 10.3 Å². The Kier molecular flexibility index (Phi) is 2.28. The Labute approximate surface area is 109 Å². The van der Waals surface area contributed by atoms with E-state index >= 15 is 0 Å². The number of fused-ring (bicyclic) bond motifs is 1. The van der Waals surface area contributed by atoms with Crippen molar-refractivity contribution in [2.45, 2.75) is 6.92 Å². The second-order valence-electron chi connectivity index (χ2n) is 4.71. The molecule has 0 aliphatic carbocycles. The average molecular weight is 257 g/mol. The van der Waals surface area contributed by atoms with Crippen LogP contribution in [0.1, 0.15) is 5.69 Å². The average Bonchev–Trinajstić information content (AvgIpc) is 2.82. The van der Waals surface area contributed by atoms with E-state index in [9.17, 15) is 4.79 Å². The van der Waals surface area contributed by atoms with Gasteiger partial charge in [0.2, 0.25) is 0 Å². The Morgan fingerprint density at radius 1 is 1.32 bits per heavy atom. The van der Waals surface area contributed by atoms with Crippen LogP contribution in [0.2, 0.25) is 0 Å². The number of hydrogen-bond donors (Lipinski definition) is 1. The zero-order valence-electron chi connectivity index (χ0n) is 11.1. The number of rotatable bonds is 1. The summed E-state index contributed by atoms with van der Waals surface area (Å²) in [5.41, 5.74) is 8.06. The molecular weight excluding hydrogens is 242 g/mol. The van der Waals surface area contributed by atoms with Gasteiger partial charge in [-0.2, -0.15) is 5.10 Å². The van der Waals surface area contributed by atoms with Gasteiger partial charge in [-0.1, -0.05) is 0 Å². The first-order valence-electron chi connectivity index (χ1n) is 5.96. The first-order chi connectivity index (χ1) is 8.99. The van der Waals surface area contributed by atoms with Crippen LogP contribution in [0.3, 0.4) is 0 Å². The summed E-state index contributed by atoms with van der Waals surface area (Å²) >= 11 is 0. The van der Waals surface area contributed by atoms with Gasteiger partial charge in [0, 0.05) is 38.2 Å². The first kappa shape index (κ1) is 11.6. The molecule has 6 heteroatoms. The van der Waals surface area contributed by atoms with Gasteiger partial charge in [-0.3, -0.25) is 14.0 Å². The number of hydrogen-bond acceptors (Lipinski definition) is 3. The Bertz CT molecular complexity index is 817. The summed E-state index contributed by atoms with van der Waals surface area (Å²) in [6.45, 7) is 1.94. The fourth-order valence-corrected chi connectivity index (χ4v) is 2.27. The Balaban J connectivity index is 2.34. The monoisotopic (exact) mass is 257 g/mol. The summed E-state index contributed by atoms with van der Waals surface area (Å²) in [5, 5.41) is 4.85. The molecule has 0 saturated heterocycles. The van der Waals surface area contributed by atoms with Gasteiger partial charge in [-0.15, -0.1) is 0 Å². The largest absolute Gasteiger partial charge is 0.397 e. The van der Waals surface area contributed by atoms with Crippen LogP contribution in [0.15, 0.2) is 29.3 Å². The molecule has 2 N–H and O–H groups in total. The maximum absolute atomic E-state index is 12.5. The topological polar surface area (TPSA) is 70.8 Å². The highest BCUT2D eigenvalue weighted by Gasteiger charge is 2.12. The van der Waals surface area contributed by atoms with Crippen LogP contribution in [0.25, 0.3) is 16.7 Å². The molecule has 3 aromatic rings. The molecule has 19 heavy (non-hydrogen) atoms. The van der Waals surface area contributed by atoms with Crippen LogP contribution >= 0.6 is 0 Å². The molecule has 98 valence electrons. The minimum absolute atomic E-state index is 0.145. The van der Waals surface area contributed by atoms with Crippen LogP contribution < -0.4 is 11.3 Å². The van der Waals surface area contributed by atoms with Gasteiger partial charge in [0.05, 0.1) is 16.6 Å². The second-order valence-corrected chi connectivity index (χ2v) is 4.71. The van der Waals surface area contributed by atoms with E-state index in [-0.39, 0.29) is 5.56 Å². The molecule has 3 aromatic heterocycles. The van der Waals surface area contributed by atoms with Crippen molar-refractivity contribution in [1.82, 2.24) is 18.9 Å². The summed E-state index contributed by atoms with van der Waals surface area (Å²) in [5.74, 6) is 0.607. The van der Waals surface area contributed by atoms with Gasteiger partial charge >= 0.3 is 0 Å². The van der Waals surface area contributed by atoms with Gasteiger partial charge in [0.1, 0.15) is 0 Å². The zero-order valence-corrected chi connectivity index (χ0v) is 11.1. The number of anilines is 1. The van der Waals surface area contributed by atoms with Crippen molar-refractivity contribution < 1.29 is 0 Å². The van der Waals surface area contributed by atoms with E-state index in [1.54, 1.807) is 17.1 Å². The molecule has 0 amide bonds. The second kappa shape index (κ2) is 3.74. The molecule has 3 rings (SSSR count). The van der Waals surface area contributed by atoms with Crippen LogP contribution in [0.5, 0.6) is 0 Å². The summed E-state index contributed by atoms with van der Waals surface area (Å²) in [6.07, 6.45) is 3.48. The van der Waals surface area contributed by atoms with Crippen LogP contribution in [0.4, 0.5) is 5.69 Å². The highest BCUT2D eigenvalue weighted by atomic mass is 16.1. The quantitative estimate of drug-likeness (QED) is 0.705. The molecule has 0 aliphatic rings. The molecule has 0 aromatic carbocycles. The molecule has 0 saturated carbocycles. The number of nitrogen functional groups attached to an aromatic ring is 1. The fraction of sp³-hybridized carbons (Fsp3) is 0.231. The summed E-state index contributed by atoms with van der Waals surface area (Å²) in [4.78, 5) is 12.5. The number of pyridine rings is 1. The first-order valence-corrected chi connectivity index (χ1v) is 5.96. The van der Waals surface area contributed by atoms with E-state index in [0.29, 0.717) is 16.9 Å². The highest BCUT2D eigenvalue weighted by molar-refractivity contribution is 5.91. The molecule has 0 fully saturated rings. The molecule has 0 bridgehead atoms. The Hall–Kier alpha value is -2.50. The standard InChI is InChI=1S/C13H15N5O/c1-8-6-11(15-17(8)3)18-5-4-10-12(13(18)19)9(14)7-16(10)2/h4-7H,14H2,1-3H3. The summed E-state index contributed by atoms with van der Waals surface area (Å²) in [7, 11) is 3.71. The SMILES string of the molecule is Cc1cc(-n2ccc3c(c(N)cn3C)c2=O)nn1C. The Morgan fingerprint density at radius 2 is 2.05 bits per heavy atom. The van der Waals surface area contributed by atoms with E-state index in [1.165, 1.54) is 4.57 Å². The van der Waals surface area contributed by atoms with Crippen molar-refractivity contribution in [2.75, 3.05) is 5.73 Å². The number of aryl methyl sites for hydroxylation is 3. The highest BCUT2D eigenvalue weighted by Crippen LogP contribution is 2.19. The molecule has 6 nitrogen and oxygen atoms in total. The van der Waals surface area contributed by atoms with Gasteiger partial charge in [-0.25, -0.2) is 0 Å². The van der Waals surface area contributed by atoms with E-state index in [0.717, 1.165) is 11.2 Å². The van der Waals surface area contributed by atoms with Crippen molar-refractivity contribution in [3.63, 3.8) is 0 Å². The predicted molar refractivity (Wildman–Crippen MR) is 74.4 cm³/mol.